The van der Waals surface area contributed by atoms with Crippen LogP contribution < -0.4 is 5.32 Å². The van der Waals surface area contributed by atoms with Crippen LogP contribution in [0.2, 0.25) is 0 Å². The minimum Gasteiger partial charge on any atom is -0.352 e. The van der Waals surface area contributed by atoms with Crippen molar-refractivity contribution < 1.29 is 4.79 Å². The molecule has 0 heterocycles. The molecule has 0 saturated carbocycles. The maximum absolute atomic E-state index is 12.2. The largest absolute Gasteiger partial charge is 0.352 e. The third-order valence-corrected chi connectivity index (χ3v) is 3.26. The fraction of sp³-hybridized carbons (Fsp3) is 0.929. The van der Waals surface area contributed by atoms with Crippen molar-refractivity contribution in [1.29, 1.82) is 0 Å². The molecule has 3 nitrogen and oxygen atoms in total. The Morgan fingerprint density at radius 3 is 2.35 bits per heavy atom. The Kier molecular flexibility index (Phi) is 9.14. The number of hydrogen-bond acceptors (Lipinski definition) is 2. The Morgan fingerprint density at radius 2 is 1.88 bits per heavy atom. The van der Waals surface area contributed by atoms with Gasteiger partial charge in [0.1, 0.15) is 0 Å². The van der Waals surface area contributed by atoms with Gasteiger partial charge in [0, 0.05) is 6.04 Å². The number of likely N-dealkylation sites (N-methyl/N-ethyl adjacent to an activating group) is 1. The molecule has 0 aromatic rings. The van der Waals surface area contributed by atoms with E-state index in [4.69, 9.17) is 0 Å². The smallest absolute Gasteiger partial charge is 0.237 e. The van der Waals surface area contributed by atoms with Crippen molar-refractivity contribution in [2.24, 2.45) is 0 Å². The van der Waals surface area contributed by atoms with E-state index in [2.05, 4.69) is 45.0 Å². The van der Waals surface area contributed by atoms with Crippen LogP contribution in [-0.2, 0) is 4.79 Å². The Balaban J connectivity index is 4.32. The van der Waals surface area contributed by atoms with Crippen LogP contribution >= 0.6 is 0 Å². The Bertz CT molecular complexity index is 206. The molecule has 17 heavy (non-hydrogen) atoms. The Hall–Kier alpha value is -0.570. The maximum Gasteiger partial charge on any atom is 0.237 e. The Labute approximate surface area is 107 Å². The van der Waals surface area contributed by atoms with Crippen molar-refractivity contribution in [1.82, 2.24) is 10.2 Å². The van der Waals surface area contributed by atoms with Crippen LogP contribution in [0.1, 0.15) is 59.8 Å². The molecule has 3 heteroatoms. The third kappa shape index (κ3) is 6.67. The highest BCUT2D eigenvalue weighted by molar-refractivity contribution is 5.81. The van der Waals surface area contributed by atoms with Gasteiger partial charge in [-0.25, -0.2) is 0 Å². The average molecular weight is 242 g/mol. The first-order valence-electron chi connectivity index (χ1n) is 7.07. The van der Waals surface area contributed by atoms with Crippen LogP contribution in [0.25, 0.3) is 0 Å². The van der Waals surface area contributed by atoms with E-state index < -0.39 is 0 Å². The monoisotopic (exact) mass is 242 g/mol. The van der Waals surface area contributed by atoms with E-state index in [1.807, 2.05) is 0 Å². The number of nitrogens with zero attached hydrogens (tertiary/aromatic N) is 1. The summed E-state index contributed by atoms with van der Waals surface area (Å²) in [7, 11) is 2.06. The number of amides is 1. The summed E-state index contributed by atoms with van der Waals surface area (Å²) < 4.78 is 0. The number of carbonyl (C=O) groups is 1. The molecular formula is C14H30N2O. The van der Waals surface area contributed by atoms with Crippen molar-refractivity contribution in [3.05, 3.63) is 0 Å². The predicted octanol–water partition coefficient (Wildman–Crippen LogP) is 2.80. The van der Waals surface area contributed by atoms with Gasteiger partial charge in [-0.05, 0) is 39.8 Å². The molecule has 1 unspecified atom stereocenters. The lowest BCUT2D eigenvalue weighted by atomic mass is 10.1. The quantitative estimate of drug-likeness (QED) is 0.674. The summed E-state index contributed by atoms with van der Waals surface area (Å²) in [5.41, 5.74) is 0. The topological polar surface area (TPSA) is 32.3 Å². The molecule has 0 fully saturated rings. The van der Waals surface area contributed by atoms with Crippen LogP contribution in [0, 0.1) is 0 Å². The molecule has 0 radical (unpaired) electrons. The van der Waals surface area contributed by atoms with Gasteiger partial charge >= 0.3 is 0 Å². The fourth-order valence-electron chi connectivity index (χ4n) is 1.83. The van der Waals surface area contributed by atoms with Gasteiger partial charge in [0.2, 0.25) is 5.91 Å². The molecule has 2 atom stereocenters. The summed E-state index contributed by atoms with van der Waals surface area (Å²) in [5, 5.41) is 3.09. The standard InChI is InChI=1S/C14H30N2O/c1-6-9-11-16(5)13(10-7-2)14(17)15-12(4)8-3/h12-13H,6-11H2,1-5H3,(H,15,17)/t12?,13-/m0/s1. The van der Waals surface area contributed by atoms with Gasteiger partial charge in [0.25, 0.3) is 0 Å². The fourth-order valence-corrected chi connectivity index (χ4v) is 1.83. The zero-order valence-corrected chi connectivity index (χ0v) is 12.3. The summed E-state index contributed by atoms with van der Waals surface area (Å²) in [6.45, 7) is 9.49. The molecule has 0 aliphatic carbocycles. The average Bonchev–Trinajstić information content (AvgIpc) is 2.32. The predicted molar refractivity (Wildman–Crippen MR) is 74.1 cm³/mol. The van der Waals surface area contributed by atoms with Crippen LogP contribution in [0.4, 0.5) is 0 Å². The van der Waals surface area contributed by atoms with E-state index >= 15 is 0 Å². The molecule has 0 bridgehead atoms. The van der Waals surface area contributed by atoms with E-state index in [0.29, 0.717) is 0 Å². The molecule has 0 aliphatic rings. The molecule has 0 rings (SSSR count). The summed E-state index contributed by atoms with van der Waals surface area (Å²) >= 11 is 0. The van der Waals surface area contributed by atoms with Gasteiger partial charge in [-0.1, -0.05) is 33.6 Å². The minimum atomic E-state index is 0.0422. The zero-order chi connectivity index (χ0) is 13.3. The molecule has 1 N–H and O–H groups in total. The van der Waals surface area contributed by atoms with Gasteiger partial charge in [0.15, 0.2) is 0 Å². The van der Waals surface area contributed by atoms with E-state index in [0.717, 1.165) is 32.2 Å². The van der Waals surface area contributed by atoms with Gasteiger partial charge in [-0.2, -0.15) is 0 Å². The first kappa shape index (κ1) is 16.4. The first-order chi connectivity index (χ1) is 8.06. The zero-order valence-electron chi connectivity index (χ0n) is 12.3. The number of carbonyl (C=O) groups excluding carboxylic acids is 1. The summed E-state index contributed by atoms with van der Waals surface area (Å²) in [6, 6.07) is 0.321. The molecule has 0 aliphatic heterocycles. The summed E-state index contributed by atoms with van der Waals surface area (Å²) in [4.78, 5) is 14.4. The van der Waals surface area contributed by atoms with Crippen LogP contribution in [0.5, 0.6) is 0 Å². The SMILES string of the molecule is CCCCN(C)[C@@H](CCC)C(=O)NC(C)CC. The van der Waals surface area contributed by atoms with E-state index in [9.17, 15) is 4.79 Å². The molecular weight excluding hydrogens is 212 g/mol. The molecule has 1 amide bonds. The lowest BCUT2D eigenvalue weighted by molar-refractivity contribution is -0.126. The molecule has 0 aromatic heterocycles. The van der Waals surface area contributed by atoms with E-state index in [-0.39, 0.29) is 18.0 Å². The third-order valence-electron chi connectivity index (χ3n) is 3.26. The second-order valence-corrected chi connectivity index (χ2v) is 4.96. The lowest BCUT2D eigenvalue weighted by Gasteiger charge is -2.28. The number of unbranched alkanes of at least 4 members (excludes halogenated alkanes) is 1. The van der Waals surface area contributed by atoms with Gasteiger partial charge in [-0.15, -0.1) is 0 Å². The number of rotatable bonds is 9. The number of hydrogen-bond donors (Lipinski definition) is 1. The molecule has 0 aromatic carbocycles. The van der Waals surface area contributed by atoms with Crippen molar-refractivity contribution in [2.45, 2.75) is 71.9 Å². The van der Waals surface area contributed by atoms with Gasteiger partial charge in [-0.3, -0.25) is 9.69 Å². The number of nitrogens with one attached hydrogen (secondary N) is 1. The van der Waals surface area contributed by atoms with E-state index in [1.54, 1.807) is 0 Å². The summed E-state index contributed by atoms with van der Waals surface area (Å²) in [6.07, 6.45) is 5.32. The summed E-state index contributed by atoms with van der Waals surface area (Å²) in [5.74, 6) is 0.194. The van der Waals surface area contributed by atoms with E-state index in [1.165, 1.54) is 6.42 Å². The maximum atomic E-state index is 12.2. The minimum absolute atomic E-state index is 0.0422. The van der Waals surface area contributed by atoms with Crippen molar-refractivity contribution in [3.63, 3.8) is 0 Å². The van der Waals surface area contributed by atoms with Crippen LogP contribution in [0.3, 0.4) is 0 Å². The normalized spacial score (nSPS) is 14.7. The second-order valence-electron chi connectivity index (χ2n) is 4.96. The van der Waals surface area contributed by atoms with Crippen LogP contribution in [-0.4, -0.2) is 36.5 Å². The van der Waals surface area contributed by atoms with Crippen molar-refractivity contribution in [3.8, 4) is 0 Å². The van der Waals surface area contributed by atoms with Gasteiger partial charge < -0.3 is 5.32 Å². The highest BCUT2D eigenvalue weighted by Crippen LogP contribution is 2.07. The van der Waals surface area contributed by atoms with Crippen molar-refractivity contribution in [2.75, 3.05) is 13.6 Å². The lowest BCUT2D eigenvalue weighted by Crippen LogP contribution is -2.47. The highest BCUT2D eigenvalue weighted by Gasteiger charge is 2.22. The Morgan fingerprint density at radius 1 is 1.24 bits per heavy atom. The van der Waals surface area contributed by atoms with Gasteiger partial charge in [0.05, 0.1) is 6.04 Å². The molecule has 0 saturated heterocycles. The molecule has 0 spiro atoms. The molecule has 102 valence electrons. The van der Waals surface area contributed by atoms with Crippen LogP contribution in [0.15, 0.2) is 0 Å². The highest BCUT2D eigenvalue weighted by atomic mass is 16.2. The van der Waals surface area contributed by atoms with Crippen molar-refractivity contribution >= 4 is 5.91 Å². The second kappa shape index (κ2) is 9.46. The first-order valence-corrected chi connectivity index (χ1v) is 7.07.